The van der Waals surface area contributed by atoms with E-state index in [4.69, 9.17) is 12.2 Å². The van der Waals surface area contributed by atoms with E-state index < -0.39 is 0 Å². The van der Waals surface area contributed by atoms with Gasteiger partial charge in [0.25, 0.3) is 0 Å². The molecule has 0 unspecified atom stereocenters. The summed E-state index contributed by atoms with van der Waals surface area (Å²) in [7, 11) is 0. The summed E-state index contributed by atoms with van der Waals surface area (Å²) >= 11 is 6.84. The quantitative estimate of drug-likeness (QED) is 0.637. The highest BCUT2D eigenvalue weighted by molar-refractivity contribution is 8.19. The Morgan fingerprint density at radius 1 is 1.45 bits per heavy atom. The van der Waals surface area contributed by atoms with Gasteiger partial charge in [0.05, 0.1) is 4.91 Å². The molecule has 2 aliphatic rings. The number of aliphatic imine (C=N–C) groups is 1. The third kappa shape index (κ3) is 3.08. The van der Waals surface area contributed by atoms with Gasteiger partial charge in [-0.15, -0.1) is 0 Å². The van der Waals surface area contributed by atoms with Crippen LogP contribution in [-0.2, 0) is 0 Å². The summed E-state index contributed by atoms with van der Waals surface area (Å²) in [6, 6.07) is 7.30. The lowest BCUT2D eigenvalue weighted by Crippen LogP contribution is -2.45. The van der Waals surface area contributed by atoms with E-state index in [0.717, 1.165) is 35.1 Å². The van der Waals surface area contributed by atoms with Crippen molar-refractivity contribution in [2.45, 2.75) is 12.8 Å². The normalized spacial score (nSPS) is 21.4. The van der Waals surface area contributed by atoms with Gasteiger partial charge in [-0.1, -0.05) is 18.3 Å². The van der Waals surface area contributed by atoms with Crippen LogP contribution in [0.5, 0.6) is 0 Å². The number of rotatable bonds is 1. The van der Waals surface area contributed by atoms with Crippen molar-refractivity contribution in [3.05, 3.63) is 40.6 Å². The fourth-order valence-electron chi connectivity index (χ4n) is 2.01. The number of nitrogens with one attached hydrogen (secondary N) is 1. The highest BCUT2D eigenvalue weighted by Crippen LogP contribution is 2.31. The Hall–Kier alpha value is -1.24. The third-order valence-corrected chi connectivity index (χ3v) is 4.50. The molecule has 1 N–H and O–H groups in total. The van der Waals surface area contributed by atoms with Crippen molar-refractivity contribution < 1.29 is 4.39 Å². The number of hydrogen-bond donors (Lipinski definition) is 1. The number of hydrogen-bond acceptors (Lipinski definition) is 4. The summed E-state index contributed by atoms with van der Waals surface area (Å²) in [5.41, 5.74) is 4.12. The molecule has 0 aliphatic carbocycles. The van der Waals surface area contributed by atoms with Gasteiger partial charge >= 0.3 is 0 Å². The Morgan fingerprint density at radius 2 is 2.35 bits per heavy atom. The first-order valence-electron chi connectivity index (χ1n) is 6.43. The largest absolute Gasteiger partial charge is 0.286 e. The summed E-state index contributed by atoms with van der Waals surface area (Å²) in [4.78, 5) is 5.91. The van der Waals surface area contributed by atoms with E-state index in [9.17, 15) is 4.39 Å². The highest BCUT2D eigenvalue weighted by atomic mass is 32.2. The second kappa shape index (κ2) is 6.03. The van der Waals surface area contributed by atoms with Crippen LogP contribution < -0.4 is 5.43 Å². The lowest BCUT2D eigenvalue weighted by molar-refractivity contribution is 0.262. The number of amidine groups is 1. The van der Waals surface area contributed by atoms with Crippen molar-refractivity contribution in [1.29, 1.82) is 0 Å². The van der Waals surface area contributed by atoms with Gasteiger partial charge < -0.3 is 0 Å². The second-order valence-electron chi connectivity index (χ2n) is 4.54. The molecule has 0 atom stereocenters. The van der Waals surface area contributed by atoms with Gasteiger partial charge in [0, 0.05) is 13.1 Å². The molecular weight excluding hydrogens is 293 g/mol. The fraction of sp³-hybridized carbons (Fsp3) is 0.286. The first-order chi connectivity index (χ1) is 9.72. The molecule has 2 aliphatic heterocycles. The molecule has 6 heteroatoms. The third-order valence-electron chi connectivity index (χ3n) is 3.04. The Morgan fingerprint density at radius 3 is 3.05 bits per heavy atom. The molecular formula is C14H13FN3S2. The summed E-state index contributed by atoms with van der Waals surface area (Å²) in [6.45, 7) is 1.92. The number of hydrazine groups is 1. The van der Waals surface area contributed by atoms with Gasteiger partial charge in [0.2, 0.25) is 0 Å². The van der Waals surface area contributed by atoms with Crippen LogP contribution in [0.3, 0.4) is 0 Å². The van der Waals surface area contributed by atoms with E-state index in [-0.39, 0.29) is 5.82 Å². The van der Waals surface area contributed by atoms with Crippen LogP contribution in [0, 0.1) is 11.9 Å². The van der Waals surface area contributed by atoms with Crippen LogP contribution in [0.15, 0.2) is 28.1 Å². The minimum atomic E-state index is -0.289. The van der Waals surface area contributed by atoms with E-state index in [1.165, 1.54) is 18.6 Å². The highest BCUT2D eigenvalue weighted by Gasteiger charge is 2.24. The minimum Gasteiger partial charge on any atom is -0.286 e. The van der Waals surface area contributed by atoms with Gasteiger partial charge in [-0.2, -0.15) is 0 Å². The second-order valence-corrected chi connectivity index (χ2v) is 5.94. The summed E-state index contributed by atoms with van der Waals surface area (Å²) in [5, 5.41) is 2.94. The Balaban J connectivity index is 1.74. The van der Waals surface area contributed by atoms with Crippen LogP contribution in [0.1, 0.15) is 18.4 Å². The maximum absolute atomic E-state index is 12.9. The molecule has 103 valence electrons. The molecule has 1 aromatic carbocycles. The molecule has 1 saturated heterocycles. The smallest absolute Gasteiger partial charge is 0.184 e. The molecule has 1 radical (unpaired) electrons. The van der Waals surface area contributed by atoms with Crippen molar-refractivity contribution in [2.24, 2.45) is 4.99 Å². The molecule has 3 rings (SSSR count). The van der Waals surface area contributed by atoms with Crippen molar-refractivity contribution in [2.75, 3.05) is 13.1 Å². The number of thioether (sulfide) groups is 1. The summed E-state index contributed by atoms with van der Waals surface area (Å²) in [5.74, 6) is -0.289. The molecule has 0 spiro atoms. The van der Waals surface area contributed by atoms with Crippen LogP contribution in [-0.4, -0.2) is 28.3 Å². The zero-order chi connectivity index (χ0) is 13.9. The Bertz CT molecular complexity index is 575. The SMILES string of the molecule is Fc1c[c]c(C=C2SC(N3CCCCN3)=NC2=S)cc1. The first kappa shape index (κ1) is 13.7. The van der Waals surface area contributed by atoms with Crippen molar-refractivity contribution in [3.8, 4) is 0 Å². The Kier molecular flexibility index (Phi) is 4.14. The molecule has 1 aromatic rings. The average Bonchev–Trinajstić information content (AvgIpc) is 2.84. The number of benzene rings is 1. The predicted octanol–water partition coefficient (Wildman–Crippen LogP) is 3.00. The zero-order valence-corrected chi connectivity index (χ0v) is 12.4. The maximum atomic E-state index is 12.9. The van der Waals surface area contributed by atoms with Gasteiger partial charge in [0.15, 0.2) is 5.17 Å². The molecule has 0 amide bonds. The summed E-state index contributed by atoms with van der Waals surface area (Å²) in [6.07, 6.45) is 4.24. The zero-order valence-electron chi connectivity index (χ0n) is 10.7. The van der Waals surface area contributed by atoms with Gasteiger partial charge in [0.1, 0.15) is 10.8 Å². The Labute approximate surface area is 126 Å². The van der Waals surface area contributed by atoms with Crippen molar-refractivity contribution in [1.82, 2.24) is 10.4 Å². The maximum Gasteiger partial charge on any atom is 0.184 e. The molecule has 2 heterocycles. The van der Waals surface area contributed by atoms with Gasteiger partial charge in [-0.05, 0) is 54.4 Å². The summed E-state index contributed by atoms with van der Waals surface area (Å²) < 4.78 is 12.9. The molecule has 0 bridgehead atoms. The first-order valence-corrected chi connectivity index (χ1v) is 7.66. The van der Waals surface area contributed by atoms with E-state index in [2.05, 4.69) is 21.5 Å². The molecule has 0 saturated carbocycles. The van der Waals surface area contributed by atoms with Crippen LogP contribution in [0.2, 0.25) is 0 Å². The van der Waals surface area contributed by atoms with Gasteiger partial charge in [-0.3, -0.25) is 5.01 Å². The van der Waals surface area contributed by atoms with E-state index in [1.54, 1.807) is 17.8 Å². The molecule has 1 fully saturated rings. The van der Waals surface area contributed by atoms with Crippen molar-refractivity contribution >= 4 is 40.2 Å². The number of thiocarbonyl (C=S) groups is 1. The van der Waals surface area contributed by atoms with Gasteiger partial charge in [-0.25, -0.2) is 14.8 Å². The molecule has 0 aromatic heterocycles. The van der Waals surface area contributed by atoms with E-state index in [1.807, 2.05) is 6.08 Å². The number of nitrogens with zero attached hydrogens (tertiary/aromatic N) is 2. The van der Waals surface area contributed by atoms with Crippen LogP contribution in [0.25, 0.3) is 6.08 Å². The van der Waals surface area contributed by atoms with Crippen LogP contribution in [0.4, 0.5) is 4.39 Å². The topological polar surface area (TPSA) is 27.6 Å². The van der Waals surface area contributed by atoms with Crippen molar-refractivity contribution in [3.63, 3.8) is 0 Å². The lowest BCUT2D eigenvalue weighted by atomic mass is 10.2. The average molecular weight is 306 g/mol. The number of halogens is 1. The standard InChI is InChI=1S/C14H13FN3S2/c15-11-5-3-10(4-6-11)9-12-13(19)17-14(20-12)18-8-2-1-7-16-18/h3,5-6,9,16H,1-2,7-8H2. The van der Waals surface area contributed by atoms with E-state index in [0.29, 0.717) is 4.99 Å². The molecule has 3 nitrogen and oxygen atoms in total. The monoisotopic (exact) mass is 306 g/mol. The minimum absolute atomic E-state index is 0.289. The van der Waals surface area contributed by atoms with Crippen LogP contribution >= 0.6 is 24.0 Å². The lowest BCUT2D eigenvalue weighted by Gasteiger charge is -2.28. The predicted molar refractivity (Wildman–Crippen MR) is 84.8 cm³/mol. The fourth-order valence-corrected chi connectivity index (χ4v) is 3.26. The van der Waals surface area contributed by atoms with E-state index >= 15 is 0 Å². The molecule has 20 heavy (non-hydrogen) atoms.